The molecule has 35 heavy (non-hydrogen) atoms. The Labute approximate surface area is 206 Å². The number of carbonyl (C=O) groups excluding carboxylic acids is 1. The van der Waals surface area contributed by atoms with Crippen molar-refractivity contribution < 1.29 is 23.7 Å². The van der Waals surface area contributed by atoms with Gasteiger partial charge in [-0.05, 0) is 44.2 Å². The van der Waals surface area contributed by atoms with Crippen molar-refractivity contribution in [3.63, 3.8) is 0 Å². The molecule has 0 saturated heterocycles. The summed E-state index contributed by atoms with van der Waals surface area (Å²) in [5, 5.41) is 0. The highest BCUT2D eigenvalue weighted by Crippen LogP contribution is 2.37. The maximum Gasteiger partial charge on any atom is 0.271 e. The first-order valence-corrected chi connectivity index (χ1v) is 11.6. The Kier molecular flexibility index (Phi) is 6.79. The summed E-state index contributed by atoms with van der Waals surface area (Å²) in [4.78, 5) is 31.6. The summed E-state index contributed by atoms with van der Waals surface area (Å²) in [6.45, 7) is 3.26. The number of rotatable bonds is 7. The molecule has 2 aromatic carbocycles. The molecule has 0 N–H and O–H groups in total. The molecular weight excluding hydrogens is 468 g/mol. The molecular formula is C26H26N2O6S. The monoisotopic (exact) mass is 494 g/mol. The molecule has 1 atom stereocenters. The summed E-state index contributed by atoms with van der Waals surface area (Å²) in [6.07, 6.45) is 1.76. The lowest BCUT2D eigenvalue weighted by Crippen LogP contribution is -2.39. The second-order valence-electron chi connectivity index (χ2n) is 7.85. The van der Waals surface area contributed by atoms with Crippen LogP contribution >= 0.6 is 11.3 Å². The van der Waals surface area contributed by atoms with Gasteiger partial charge in [-0.1, -0.05) is 11.3 Å². The van der Waals surface area contributed by atoms with Crippen LogP contribution in [0.15, 0.2) is 57.5 Å². The molecule has 0 amide bonds. The molecule has 0 fully saturated rings. The molecule has 0 aliphatic carbocycles. The van der Waals surface area contributed by atoms with E-state index in [1.807, 2.05) is 12.1 Å². The third kappa shape index (κ3) is 4.35. The molecule has 0 saturated carbocycles. The van der Waals surface area contributed by atoms with Gasteiger partial charge in [0.15, 0.2) is 10.6 Å². The zero-order valence-electron chi connectivity index (χ0n) is 20.4. The second-order valence-corrected chi connectivity index (χ2v) is 8.86. The molecule has 0 unspecified atom stereocenters. The van der Waals surface area contributed by atoms with E-state index in [9.17, 15) is 9.59 Å². The first-order valence-electron chi connectivity index (χ1n) is 10.8. The van der Waals surface area contributed by atoms with Crippen LogP contribution in [0.3, 0.4) is 0 Å². The topological polar surface area (TPSA) is 88.3 Å². The van der Waals surface area contributed by atoms with Gasteiger partial charge in [0.05, 0.1) is 39.0 Å². The molecule has 1 aromatic heterocycles. The standard InChI is InChI=1S/C26H26N2O6S/c1-14-23(15(2)29)24(19-10-9-18(32-4)13-21(19)34-6)28-25(30)22(35-26(28)27-14)11-16-7-8-17(31-3)12-20(16)33-5/h7-13,24H,1-6H3/b22-11-/t24-/m1/s1. The van der Waals surface area contributed by atoms with Crippen molar-refractivity contribution in [3.05, 3.63) is 78.5 Å². The molecule has 1 aliphatic rings. The molecule has 2 heterocycles. The van der Waals surface area contributed by atoms with Gasteiger partial charge in [0.1, 0.15) is 23.0 Å². The number of hydrogen-bond acceptors (Lipinski definition) is 8. The zero-order valence-corrected chi connectivity index (χ0v) is 21.2. The summed E-state index contributed by atoms with van der Waals surface area (Å²) >= 11 is 1.25. The molecule has 0 bridgehead atoms. The van der Waals surface area contributed by atoms with Crippen LogP contribution in [0.4, 0.5) is 0 Å². The van der Waals surface area contributed by atoms with Gasteiger partial charge >= 0.3 is 0 Å². The first-order chi connectivity index (χ1) is 16.8. The van der Waals surface area contributed by atoms with Gasteiger partial charge in [0.2, 0.25) is 0 Å². The van der Waals surface area contributed by atoms with E-state index in [2.05, 4.69) is 4.99 Å². The summed E-state index contributed by atoms with van der Waals surface area (Å²) < 4.78 is 23.7. The minimum Gasteiger partial charge on any atom is -0.497 e. The number of fused-ring (bicyclic) bond motifs is 1. The number of ether oxygens (including phenoxy) is 4. The van der Waals surface area contributed by atoms with E-state index >= 15 is 0 Å². The Morgan fingerprint density at radius 3 is 2.20 bits per heavy atom. The van der Waals surface area contributed by atoms with Crippen LogP contribution in [-0.2, 0) is 4.79 Å². The maximum absolute atomic E-state index is 13.7. The molecule has 182 valence electrons. The van der Waals surface area contributed by atoms with Crippen molar-refractivity contribution in [1.29, 1.82) is 0 Å². The Hall–Kier alpha value is -3.85. The van der Waals surface area contributed by atoms with E-state index in [-0.39, 0.29) is 11.3 Å². The van der Waals surface area contributed by atoms with E-state index in [0.717, 1.165) is 5.56 Å². The second kappa shape index (κ2) is 9.79. The van der Waals surface area contributed by atoms with Crippen molar-refractivity contribution in [2.45, 2.75) is 19.9 Å². The average molecular weight is 495 g/mol. The van der Waals surface area contributed by atoms with Gasteiger partial charge < -0.3 is 18.9 Å². The maximum atomic E-state index is 13.7. The highest BCUT2D eigenvalue weighted by Gasteiger charge is 2.32. The molecule has 1 aliphatic heterocycles. The van der Waals surface area contributed by atoms with E-state index in [1.54, 1.807) is 70.3 Å². The lowest BCUT2D eigenvalue weighted by molar-refractivity contribution is -0.114. The largest absolute Gasteiger partial charge is 0.497 e. The van der Waals surface area contributed by atoms with Gasteiger partial charge in [0, 0.05) is 34.5 Å². The molecule has 9 heteroatoms. The number of hydrogen-bond donors (Lipinski definition) is 0. The Morgan fingerprint density at radius 2 is 1.60 bits per heavy atom. The van der Waals surface area contributed by atoms with E-state index in [0.29, 0.717) is 49.2 Å². The number of ketones is 1. The normalized spacial score (nSPS) is 15.4. The predicted octanol–water partition coefficient (Wildman–Crippen LogP) is 2.86. The van der Waals surface area contributed by atoms with Crippen molar-refractivity contribution in [1.82, 2.24) is 4.57 Å². The highest BCUT2D eigenvalue weighted by atomic mass is 32.1. The van der Waals surface area contributed by atoms with Gasteiger partial charge in [-0.15, -0.1) is 0 Å². The van der Waals surface area contributed by atoms with Crippen LogP contribution < -0.4 is 33.8 Å². The number of Topliss-reactive ketones (excluding diaryl/α,β-unsaturated/α-hetero) is 1. The van der Waals surface area contributed by atoms with E-state index in [1.165, 1.54) is 18.3 Å². The Balaban J connectivity index is 1.99. The fourth-order valence-corrected chi connectivity index (χ4v) is 5.23. The molecule has 3 aromatic rings. The van der Waals surface area contributed by atoms with Gasteiger partial charge in [-0.25, -0.2) is 4.99 Å². The predicted molar refractivity (Wildman–Crippen MR) is 134 cm³/mol. The van der Waals surface area contributed by atoms with Crippen LogP contribution in [0, 0.1) is 0 Å². The lowest BCUT2D eigenvalue weighted by Gasteiger charge is -2.26. The van der Waals surface area contributed by atoms with Crippen LogP contribution in [0.2, 0.25) is 0 Å². The van der Waals surface area contributed by atoms with Gasteiger partial charge in [-0.3, -0.25) is 14.2 Å². The number of nitrogens with zero attached hydrogens (tertiary/aromatic N) is 2. The summed E-state index contributed by atoms with van der Waals surface area (Å²) in [7, 11) is 6.25. The SMILES string of the molecule is COc1ccc(/C=c2\sc3n(c2=O)[C@H](c2ccc(OC)cc2OC)C(C(C)=O)=C(C)N=3)c(OC)c1. The molecule has 8 nitrogen and oxygen atoms in total. The number of benzene rings is 2. The van der Waals surface area contributed by atoms with Crippen LogP contribution in [-0.4, -0.2) is 38.8 Å². The smallest absolute Gasteiger partial charge is 0.271 e. The lowest BCUT2D eigenvalue weighted by atomic mass is 9.92. The molecule has 0 radical (unpaired) electrons. The number of thiazole rings is 1. The van der Waals surface area contributed by atoms with Crippen molar-refractivity contribution in [2.75, 3.05) is 28.4 Å². The van der Waals surface area contributed by atoms with Crippen molar-refractivity contribution in [3.8, 4) is 23.0 Å². The van der Waals surface area contributed by atoms with Crippen LogP contribution in [0.25, 0.3) is 6.08 Å². The Bertz CT molecular complexity index is 1520. The third-order valence-corrected chi connectivity index (χ3v) is 6.85. The average Bonchev–Trinajstić information content (AvgIpc) is 3.16. The summed E-state index contributed by atoms with van der Waals surface area (Å²) in [5.74, 6) is 2.17. The Morgan fingerprint density at radius 1 is 0.971 bits per heavy atom. The molecule has 0 spiro atoms. The summed E-state index contributed by atoms with van der Waals surface area (Å²) in [5.41, 5.74) is 2.13. The molecule has 4 rings (SSSR count). The number of aromatic nitrogens is 1. The minimum absolute atomic E-state index is 0.166. The van der Waals surface area contributed by atoms with Gasteiger partial charge in [0.25, 0.3) is 5.56 Å². The van der Waals surface area contributed by atoms with Crippen molar-refractivity contribution in [2.24, 2.45) is 4.99 Å². The quantitative estimate of drug-likeness (QED) is 0.502. The van der Waals surface area contributed by atoms with E-state index in [4.69, 9.17) is 18.9 Å². The van der Waals surface area contributed by atoms with E-state index < -0.39 is 6.04 Å². The number of methoxy groups -OCH3 is 4. The van der Waals surface area contributed by atoms with Crippen LogP contribution in [0.1, 0.15) is 31.0 Å². The third-order valence-electron chi connectivity index (χ3n) is 5.86. The minimum atomic E-state index is -0.690. The fourth-order valence-electron chi connectivity index (χ4n) is 4.19. The zero-order chi connectivity index (χ0) is 25.3. The van der Waals surface area contributed by atoms with Gasteiger partial charge in [-0.2, -0.15) is 0 Å². The number of allylic oxidation sites excluding steroid dienone is 2. The number of carbonyl (C=O) groups is 1. The van der Waals surface area contributed by atoms with Crippen molar-refractivity contribution >= 4 is 23.2 Å². The first kappa shape index (κ1) is 24.3. The highest BCUT2D eigenvalue weighted by molar-refractivity contribution is 7.07. The van der Waals surface area contributed by atoms with Crippen LogP contribution in [0.5, 0.6) is 23.0 Å². The fraction of sp³-hybridized carbons (Fsp3) is 0.269. The summed E-state index contributed by atoms with van der Waals surface area (Å²) in [6, 6.07) is 10.0.